The van der Waals surface area contributed by atoms with Crippen LogP contribution in [0.15, 0.2) is 134 Å². The smallest absolute Gasteiger partial charge is 0.337 e. The van der Waals surface area contributed by atoms with Crippen LogP contribution in [0.2, 0.25) is 0 Å². The lowest BCUT2D eigenvalue weighted by Crippen LogP contribution is -2.63. The number of thioether (sulfide) groups is 1. The molecule has 1 saturated heterocycles. The summed E-state index contributed by atoms with van der Waals surface area (Å²) >= 11 is -0.292. The zero-order valence-corrected chi connectivity index (χ0v) is 78.4. The molecule has 0 bridgehead atoms. The second kappa shape index (κ2) is 53.1. The van der Waals surface area contributed by atoms with E-state index in [-0.39, 0.29) is 84.5 Å². The predicted molar refractivity (Wildman–Crippen MR) is 509 cm³/mol. The largest absolute Gasteiger partial charge is 0.508 e. The summed E-state index contributed by atoms with van der Waals surface area (Å²) in [5.41, 5.74) is 19.2. The van der Waals surface area contributed by atoms with Gasteiger partial charge in [-0.15, -0.1) is 0 Å². The number of benzene rings is 5. The summed E-state index contributed by atoms with van der Waals surface area (Å²) in [5.74, 6) is -25.7. The van der Waals surface area contributed by atoms with Crippen molar-refractivity contribution < 1.29 is 127 Å². The molecule has 764 valence electrons. The summed E-state index contributed by atoms with van der Waals surface area (Å²) < 4.78 is 0. The number of para-hydroxylation sites is 2. The number of carboxylic acids is 2. The number of nitrogens with one attached hydrogen (secondary N) is 21. The molecule has 51 heteroatoms. The van der Waals surface area contributed by atoms with Crippen LogP contribution in [-0.2, 0) is 114 Å². The Kier molecular flexibility index (Phi) is 41.6. The van der Waals surface area contributed by atoms with E-state index in [1.165, 1.54) is 99.0 Å². The number of fused-ring (bicyclic) bond motifs is 2. The molecule has 2 aromatic heterocycles. The van der Waals surface area contributed by atoms with Crippen LogP contribution in [0.5, 0.6) is 17.2 Å². The van der Waals surface area contributed by atoms with Crippen molar-refractivity contribution in [2.45, 2.75) is 207 Å². The van der Waals surface area contributed by atoms with Crippen LogP contribution >= 0.6 is 11.8 Å². The van der Waals surface area contributed by atoms with Gasteiger partial charge in [0, 0.05) is 79.4 Å². The Morgan fingerprint density at radius 2 is 0.697 bits per heavy atom. The third-order valence-electron chi connectivity index (χ3n) is 22.4. The van der Waals surface area contributed by atoms with Gasteiger partial charge in [0.2, 0.25) is 88.6 Å². The van der Waals surface area contributed by atoms with Gasteiger partial charge in [0.05, 0.1) is 31.7 Å². The van der Waals surface area contributed by atoms with Gasteiger partial charge in [0.1, 0.15) is 102 Å². The number of phenols is 3. The molecule has 35 N–H and O–H groups in total. The first kappa shape index (κ1) is 111. The van der Waals surface area contributed by atoms with Crippen LogP contribution in [0.3, 0.4) is 0 Å². The number of aromatic hydroxyl groups is 3. The maximum Gasteiger partial charge on any atom is 0.337 e. The van der Waals surface area contributed by atoms with Gasteiger partial charge in [-0.25, -0.2) is 4.79 Å². The SMILES string of the molecule is CC(C)[C@@H]1NC(=O)[C@H](Cc2ccc(O)cc2)NC(=O)[C@@H](CC(=O)O)NC(=O)S[C@@H](C(=O)O)NC(=O)[C@H]([C@H](C)O)NC(=O)[C@H](Cc2ccc(O)cc2)NC(=O)[C@H](Cc2c[nH]c3ccccc23)NC(=O)[C@H](CCCNC(=N)N)NC(=O)[C@H](Cc2c[nH]c3ccccc23)NC(=O)[C@H](C)NC(=O)[C@H](CO)NC(=O)[C@H](CCCNC(=N)N)NC(=O)[C@H]([C@H](C)O)NC(=O)[C@H](CC(N)=O)NC(=O)[C@H](Cc2ccc(O)cc2)NC1=O. The lowest BCUT2D eigenvalue weighted by molar-refractivity contribution is -0.140. The maximum absolute atomic E-state index is 15.5. The van der Waals surface area contributed by atoms with Gasteiger partial charge in [-0.05, 0) is 140 Å². The number of rotatable bonds is 27. The number of carboxylic acid groups (broad SMARTS) is 2. The van der Waals surface area contributed by atoms with Gasteiger partial charge in [0.15, 0.2) is 17.3 Å². The summed E-state index contributed by atoms with van der Waals surface area (Å²) in [6.45, 7) is 4.46. The van der Waals surface area contributed by atoms with E-state index >= 15 is 19.2 Å². The van der Waals surface area contributed by atoms with Gasteiger partial charge in [-0.1, -0.05) is 86.6 Å². The third kappa shape index (κ3) is 34.2. The van der Waals surface area contributed by atoms with Crippen molar-refractivity contribution in [1.82, 2.24) is 100 Å². The van der Waals surface area contributed by atoms with Crippen LogP contribution < -0.4 is 108 Å². The van der Waals surface area contributed by atoms with Crippen molar-refractivity contribution in [2.24, 2.45) is 23.1 Å². The molecule has 142 heavy (non-hydrogen) atoms. The molecule has 3 heterocycles. The highest BCUT2D eigenvalue weighted by molar-refractivity contribution is 8.14. The number of nitrogens with two attached hydrogens (primary N) is 3. The van der Waals surface area contributed by atoms with Crippen molar-refractivity contribution in [2.75, 3.05) is 19.7 Å². The molecular formula is C91H118N24O26S. The first-order valence-corrected chi connectivity index (χ1v) is 45.6. The molecule has 1 aliphatic heterocycles. The average Bonchev–Trinajstić information content (AvgIpc) is 1.66. The molecule has 7 aromatic rings. The van der Waals surface area contributed by atoms with Gasteiger partial charge in [-0.3, -0.25) is 92.3 Å². The second-order valence-corrected chi connectivity index (χ2v) is 35.0. The lowest BCUT2D eigenvalue weighted by atomic mass is 9.99. The molecular weight excluding hydrogens is 1880 g/mol. The Morgan fingerprint density at radius 1 is 0.380 bits per heavy atom. The number of primary amides is 1. The molecule has 1 aliphatic rings. The van der Waals surface area contributed by atoms with Crippen molar-refractivity contribution in [3.05, 3.63) is 162 Å². The van der Waals surface area contributed by atoms with Gasteiger partial charge in [0.25, 0.3) is 5.24 Å². The summed E-state index contributed by atoms with van der Waals surface area (Å²) in [4.78, 5) is 267. The number of guanidine groups is 2. The van der Waals surface area contributed by atoms with Gasteiger partial charge in [-0.2, -0.15) is 0 Å². The van der Waals surface area contributed by atoms with Crippen LogP contribution in [-0.4, -0.2) is 290 Å². The minimum Gasteiger partial charge on any atom is -0.508 e. The van der Waals surface area contributed by atoms with Gasteiger partial charge < -0.3 is 158 Å². The van der Waals surface area contributed by atoms with Crippen LogP contribution in [0, 0.1) is 16.7 Å². The fraction of sp³-hybridized carbons (Fsp3) is 0.407. The number of amides is 16. The van der Waals surface area contributed by atoms with E-state index in [2.05, 4.69) is 89.7 Å². The van der Waals surface area contributed by atoms with E-state index in [4.69, 9.17) is 28.0 Å². The fourth-order valence-corrected chi connectivity index (χ4v) is 15.6. The van der Waals surface area contributed by atoms with Crippen LogP contribution in [0.1, 0.15) is 101 Å². The normalized spacial score (nSPS) is 23.4. The van der Waals surface area contributed by atoms with Crippen molar-refractivity contribution in [3.8, 4) is 17.2 Å². The summed E-state index contributed by atoms with van der Waals surface area (Å²) in [6.07, 6.45) is -6.68. The summed E-state index contributed by atoms with van der Waals surface area (Å²) in [5, 5.41) is 138. The Bertz CT molecular complexity index is 5730. The Morgan fingerprint density at radius 3 is 1.08 bits per heavy atom. The number of aliphatic hydroxyl groups excluding tert-OH is 3. The number of aliphatic carboxylic acids is 2. The predicted octanol–water partition coefficient (Wildman–Crippen LogP) is -5.76. The molecule has 16 amide bonds. The number of hydrogen-bond donors (Lipinski definition) is 32. The standard InChI is InChI=1S/C91H118N24O26S/c1-42(2)70-84(136)109-60(32-46-18-24-51(119)25-19-46)76(128)108-65(37-68(92)122)82(134)113-71(44(4)117)85(137)103-59(17-11-31-98-90(95)96)75(127)110-67(41-116)83(135)101-43(3)73(125)104-63(35-49-39-99-56-14-8-6-12-54(49)56)77(129)102-58(16-10-30-97-89(93)94)74(126)107-64(36-50-40-100-57-15-9-7-13-55(50)57)78(130)105-62(34-48-22-28-53(121)29-23-48)81(133)114-72(45(5)118)86(138)115-87(88(139)140)142-91(141)111-66(38-69(123)124)79(131)106-61(80(132)112-70)33-47-20-26-52(120)27-21-47/h6-9,12-15,18-29,39-40,42-45,58-67,70-72,87,99-100,116-121H,10-11,16-17,30-38,41H2,1-5H3,(H2,92,122)(H,101,135)(H,102,129)(H,103,137)(H,104,125)(H,105,130)(H,106,131)(H,107,126)(H,108,128)(H,109,136)(H,110,127)(H,111,141)(H,112,132)(H,113,134)(H,114,133)(H,115,138)(H,123,124)(H,139,140)(H4,93,94,97)(H4,95,96,98)/t43-,44-,45-,58-,59-,60-,61-,62-,63-,64-,65-,66+,67-,70-,71-,72-,87-/m0/s1. The van der Waals surface area contributed by atoms with E-state index < -0.39 is 277 Å². The molecule has 17 atom stereocenters. The number of carbonyl (C=O) groups is 18. The molecule has 0 radical (unpaired) electrons. The second-order valence-electron chi connectivity index (χ2n) is 33.9. The first-order valence-electron chi connectivity index (χ1n) is 44.8. The number of phenolic OH excluding ortho intramolecular Hbond substituents is 3. The Balaban J connectivity index is 1.21. The van der Waals surface area contributed by atoms with Crippen molar-refractivity contribution >= 4 is 151 Å². The zero-order valence-electron chi connectivity index (χ0n) is 77.6. The number of aliphatic hydroxyl groups is 3. The molecule has 0 spiro atoms. The van der Waals surface area contributed by atoms with Gasteiger partial charge >= 0.3 is 11.9 Å². The lowest BCUT2D eigenvalue weighted by Gasteiger charge is -2.29. The van der Waals surface area contributed by atoms with E-state index in [9.17, 15) is 108 Å². The molecule has 8 rings (SSSR count). The van der Waals surface area contributed by atoms with Crippen LogP contribution in [0.25, 0.3) is 21.8 Å². The maximum atomic E-state index is 15.5. The summed E-state index contributed by atoms with van der Waals surface area (Å²) in [6, 6.07) is 1.68. The highest BCUT2D eigenvalue weighted by Gasteiger charge is 2.42. The third-order valence-corrected chi connectivity index (χ3v) is 23.3. The molecule has 5 aromatic carbocycles. The molecule has 1 fully saturated rings. The Hall–Kier alpha value is -16.2. The number of aromatic nitrogens is 2. The van der Waals surface area contributed by atoms with E-state index in [1.54, 1.807) is 48.5 Å². The topological polar surface area (TPSA) is 831 Å². The molecule has 50 nitrogen and oxygen atoms in total. The minimum absolute atomic E-state index is 0.0732. The molecule has 0 aliphatic carbocycles. The average molecular weight is 2000 g/mol. The quantitative estimate of drug-likeness (QED) is 0.0130. The molecule has 0 saturated carbocycles. The monoisotopic (exact) mass is 1990 g/mol. The van der Waals surface area contributed by atoms with Crippen molar-refractivity contribution in [3.63, 3.8) is 0 Å². The Labute approximate surface area is 814 Å². The highest BCUT2D eigenvalue weighted by atomic mass is 32.2. The fourth-order valence-electron chi connectivity index (χ4n) is 14.9. The van der Waals surface area contributed by atoms with Crippen molar-refractivity contribution in [1.29, 1.82) is 10.8 Å². The number of aromatic amines is 2. The summed E-state index contributed by atoms with van der Waals surface area (Å²) in [7, 11) is 0. The van der Waals surface area contributed by atoms with E-state index in [0.717, 1.165) is 20.8 Å². The van der Waals surface area contributed by atoms with E-state index in [0.29, 0.717) is 32.9 Å². The highest BCUT2D eigenvalue weighted by Crippen LogP contribution is 2.25. The number of H-pyrrole nitrogens is 2. The number of carbonyl (C=O) groups excluding carboxylic acids is 16. The zero-order chi connectivity index (χ0) is 104. The van der Waals surface area contributed by atoms with E-state index in [1.807, 2.05) is 10.6 Å². The minimum atomic E-state index is -2.46. The van der Waals surface area contributed by atoms with Crippen LogP contribution in [0.4, 0.5) is 4.79 Å². The first-order chi connectivity index (χ1) is 67.2. The number of hydrogen-bond acceptors (Lipinski definition) is 27. The molecule has 0 unspecified atom stereocenters.